The zero-order valence-electron chi connectivity index (χ0n) is 16.6. The van der Waals surface area contributed by atoms with Crippen LogP contribution >= 0.6 is 15.9 Å². The van der Waals surface area contributed by atoms with Crippen LogP contribution in [0.5, 0.6) is 0 Å². The van der Waals surface area contributed by atoms with Crippen LogP contribution in [0.3, 0.4) is 0 Å². The second-order valence-corrected chi connectivity index (χ2v) is 8.84. The van der Waals surface area contributed by atoms with Gasteiger partial charge < -0.3 is 15.4 Å². The number of carbonyl (C=O) groups is 1. The molecule has 2 aromatic heterocycles. The van der Waals surface area contributed by atoms with E-state index in [1.807, 2.05) is 0 Å². The van der Waals surface area contributed by atoms with Gasteiger partial charge in [0.2, 0.25) is 0 Å². The van der Waals surface area contributed by atoms with Crippen LogP contribution in [0.1, 0.15) is 27.5 Å². The molecule has 0 spiro atoms. The van der Waals surface area contributed by atoms with Crippen molar-refractivity contribution in [3.05, 3.63) is 69.6 Å². The van der Waals surface area contributed by atoms with E-state index in [1.54, 1.807) is 27.9 Å². The fourth-order valence-corrected chi connectivity index (χ4v) is 5.18. The number of hydrogen-bond donors (Lipinski definition) is 1. The molecule has 1 aliphatic carbocycles. The maximum absolute atomic E-state index is 15.1. The Kier molecular flexibility index (Phi) is 4.25. The summed E-state index contributed by atoms with van der Waals surface area (Å²) in [7, 11) is 0. The van der Waals surface area contributed by atoms with Crippen molar-refractivity contribution in [2.45, 2.75) is 18.6 Å². The molecule has 0 radical (unpaired) electrons. The number of amides is 1. The first-order chi connectivity index (χ1) is 15.4. The van der Waals surface area contributed by atoms with Gasteiger partial charge in [-0.1, -0.05) is 0 Å². The first-order valence-electron chi connectivity index (χ1n) is 10.0. The molecule has 2 atom stereocenters. The number of imidazole rings is 1. The lowest BCUT2D eigenvalue weighted by Gasteiger charge is -2.38. The van der Waals surface area contributed by atoms with E-state index in [9.17, 15) is 9.18 Å². The van der Waals surface area contributed by atoms with Crippen molar-refractivity contribution >= 4 is 44.2 Å². The lowest BCUT2D eigenvalue weighted by Crippen LogP contribution is -2.46. The predicted molar refractivity (Wildman–Crippen MR) is 116 cm³/mol. The number of nitrogens with two attached hydrogens (primary N) is 1. The van der Waals surface area contributed by atoms with Crippen LogP contribution < -0.4 is 5.73 Å². The Bertz CT molecular complexity index is 1440. The topological polar surface area (TPSA) is 85.8 Å². The SMILES string of the molecule is Nc1nc2cc(F)c(C(=O)N3CCO[C@@H]4Cc5cc(Br)c(F)cc5[C@@H]43)cc2n2cncc12. The Balaban J connectivity index is 1.47. The first kappa shape index (κ1) is 19.6. The second kappa shape index (κ2) is 6.94. The molecule has 0 saturated carbocycles. The van der Waals surface area contributed by atoms with Gasteiger partial charge in [0.15, 0.2) is 0 Å². The number of hydrogen-bond acceptors (Lipinski definition) is 5. The van der Waals surface area contributed by atoms with Crippen LogP contribution in [0.15, 0.2) is 41.3 Å². The van der Waals surface area contributed by atoms with Crippen LogP contribution in [-0.4, -0.2) is 44.4 Å². The average Bonchev–Trinajstić information content (AvgIpc) is 3.39. The van der Waals surface area contributed by atoms with E-state index in [0.29, 0.717) is 39.6 Å². The summed E-state index contributed by atoms with van der Waals surface area (Å²) in [6.07, 6.45) is 3.35. The zero-order valence-corrected chi connectivity index (χ0v) is 18.1. The predicted octanol–water partition coefficient (Wildman–Crippen LogP) is 3.64. The van der Waals surface area contributed by atoms with Gasteiger partial charge >= 0.3 is 0 Å². The third-order valence-electron chi connectivity index (χ3n) is 6.23. The molecule has 1 saturated heterocycles. The van der Waals surface area contributed by atoms with Gasteiger partial charge in [-0.05, 0) is 45.3 Å². The van der Waals surface area contributed by atoms with Gasteiger partial charge in [-0.25, -0.2) is 18.7 Å². The molecule has 0 unspecified atom stereocenters. The fourth-order valence-electron chi connectivity index (χ4n) is 4.79. The van der Waals surface area contributed by atoms with Crippen molar-refractivity contribution in [2.24, 2.45) is 0 Å². The van der Waals surface area contributed by atoms with Crippen molar-refractivity contribution in [1.82, 2.24) is 19.3 Å². The van der Waals surface area contributed by atoms with E-state index in [1.165, 1.54) is 18.2 Å². The monoisotopic (exact) mass is 499 g/mol. The Morgan fingerprint density at radius 3 is 2.88 bits per heavy atom. The number of benzene rings is 2. The molecular formula is C22H16BrF2N5O2. The number of rotatable bonds is 1. The number of morpholine rings is 1. The maximum Gasteiger partial charge on any atom is 0.257 e. The third kappa shape index (κ3) is 2.75. The van der Waals surface area contributed by atoms with Gasteiger partial charge in [-0.3, -0.25) is 9.20 Å². The molecule has 162 valence electrons. The van der Waals surface area contributed by atoms with Crippen molar-refractivity contribution in [3.63, 3.8) is 0 Å². The van der Waals surface area contributed by atoms with Gasteiger partial charge in [0.05, 0.1) is 52.3 Å². The average molecular weight is 500 g/mol. The van der Waals surface area contributed by atoms with Crippen molar-refractivity contribution in [1.29, 1.82) is 0 Å². The van der Waals surface area contributed by atoms with Crippen LogP contribution in [0.25, 0.3) is 16.6 Å². The van der Waals surface area contributed by atoms with Gasteiger partial charge in [0.25, 0.3) is 5.91 Å². The molecule has 3 heterocycles. The molecule has 7 nitrogen and oxygen atoms in total. The minimum Gasteiger partial charge on any atom is -0.382 e. The van der Waals surface area contributed by atoms with Crippen LogP contribution in [-0.2, 0) is 11.2 Å². The molecule has 1 aliphatic heterocycles. The highest BCUT2D eigenvalue weighted by molar-refractivity contribution is 9.10. The molecule has 4 aromatic rings. The summed E-state index contributed by atoms with van der Waals surface area (Å²) in [5, 5.41) is 0. The molecule has 2 aliphatic rings. The second-order valence-electron chi connectivity index (χ2n) is 7.99. The number of ether oxygens (including phenoxy) is 1. The summed E-state index contributed by atoms with van der Waals surface area (Å²) < 4.78 is 37.3. The lowest BCUT2D eigenvalue weighted by molar-refractivity contribution is -0.0517. The highest BCUT2D eigenvalue weighted by Crippen LogP contribution is 2.42. The Labute approximate surface area is 188 Å². The minimum absolute atomic E-state index is 0.0919. The number of nitrogen functional groups attached to an aromatic ring is 1. The molecule has 6 rings (SSSR count). The Morgan fingerprint density at radius 2 is 2.03 bits per heavy atom. The zero-order chi connectivity index (χ0) is 22.1. The fraction of sp³-hybridized carbons (Fsp3) is 0.227. The molecule has 1 fully saturated rings. The van der Waals surface area contributed by atoms with E-state index in [0.717, 1.165) is 5.56 Å². The summed E-state index contributed by atoms with van der Waals surface area (Å²) in [6, 6.07) is 5.34. The standard InChI is InChI=1S/C22H16BrF2N5O2/c23-13-3-10-4-19-20(11(10)5-15(13)25)29(1-2-32-19)22(31)12-6-17-16(7-14(12)24)28-21(26)18-8-27-9-30(17)18/h3,5-9,19-20H,1-2,4H2,(H2,26,28)/t19-,20+/m1/s1. The van der Waals surface area contributed by atoms with Crippen molar-refractivity contribution in [3.8, 4) is 0 Å². The Hall–Kier alpha value is -3.11. The normalized spacial score (nSPS) is 20.0. The van der Waals surface area contributed by atoms with Gasteiger partial charge in [-0.15, -0.1) is 0 Å². The molecule has 32 heavy (non-hydrogen) atoms. The summed E-state index contributed by atoms with van der Waals surface area (Å²) in [5.41, 5.74) is 8.85. The third-order valence-corrected chi connectivity index (χ3v) is 6.84. The first-order valence-corrected chi connectivity index (χ1v) is 10.8. The maximum atomic E-state index is 15.1. The van der Waals surface area contributed by atoms with Crippen molar-refractivity contribution < 1.29 is 18.3 Å². The van der Waals surface area contributed by atoms with E-state index in [-0.39, 0.29) is 24.0 Å². The van der Waals surface area contributed by atoms with Gasteiger partial charge in [0.1, 0.15) is 23.0 Å². The number of halogens is 3. The Morgan fingerprint density at radius 1 is 1.19 bits per heavy atom. The summed E-state index contributed by atoms with van der Waals surface area (Å²) in [6.45, 7) is 0.596. The molecule has 10 heteroatoms. The minimum atomic E-state index is -0.697. The van der Waals surface area contributed by atoms with Crippen LogP contribution in [0, 0.1) is 11.6 Å². The number of nitrogens with zero attached hydrogens (tertiary/aromatic N) is 4. The van der Waals surface area contributed by atoms with E-state index in [2.05, 4.69) is 25.9 Å². The van der Waals surface area contributed by atoms with Crippen LogP contribution in [0.4, 0.5) is 14.6 Å². The highest BCUT2D eigenvalue weighted by atomic mass is 79.9. The van der Waals surface area contributed by atoms with Crippen LogP contribution in [0.2, 0.25) is 0 Å². The van der Waals surface area contributed by atoms with Crippen molar-refractivity contribution in [2.75, 3.05) is 18.9 Å². The summed E-state index contributed by atoms with van der Waals surface area (Å²) in [5.74, 6) is -1.37. The molecule has 2 aromatic carbocycles. The lowest BCUT2D eigenvalue weighted by atomic mass is 10.0. The number of carbonyl (C=O) groups excluding carboxylic acids is 1. The molecule has 0 bridgehead atoms. The number of anilines is 1. The molecular weight excluding hydrogens is 484 g/mol. The quantitative estimate of drug-likeness (QED) is 0.432. The van der Waals surface area contributed by atoms with E-state index < -0.39 is 23.6 Å². The molecule has 1 amide bonds. The smallest absolute Gasteiger partial charge is 0.257 e. The molecule has 2 N–H and O–H groups in total. The highest BCUT2D eigenvalue weighted by Gasteiger charge is 2.43. The van der Waals surface area contributed by atoms with Gasteiger partial charge in [-0.2, -0.15) is 0 Å². The van der Waals surface area contributed by atoms with Gasteiger partial charge in [0, 0.05) is 19.0 Å². The summed E-state index contributed by atoms with van der Waals surface area (Å²) in [4.78, 5) is 23.5. The largest absolute Gasteiger partial charge is 0.382 e. The summed E-state index contributed by atoms with van der Waals surface area (Å²) >= 11 is 3.21. The van der Waals surface area contributed by atoms with E-state index in [4.69, 9.17) is 10.5 Å². The number of fused-ring (bicyclic) bond motifs is 6. The number of aromatic nitrogens is 3. The van der Waals surface area contributed by atoms with E-state index >= 15 is 4.39 Å².